The summed E-state index contributed by atoms with van der Waals surface area (Å²) >= 11 is 1.67. The van der Waals surface area contributed by atoms with Gasteiger partial charge in [0.05, 0.1) is 23.4 Å². The first-order chi connectivity index (χ1) is 11.2. The van der Waals surface area contributed by atoms with Crippen molar-refractivity contribution >= 4 is 32.6 Å². The Morgan fingerprint density at radius 2 is 2.00 bits per heavy atom. The van der Waals surface area contributed by atoms with Crippen molar-refractivity contribution in [2.75, 3.05) is 31.1 Å². The highest BCUT2D eigenvalue weighted by molar-refractivity contribution is 7.22. The van der Waals surface area contributed by atoms with Gasteiger partial charge in [-0.1, -0.05) is 11.3 Å². The molecular formula is C15H16N6OS. The number of anilines is 1. The minimum absolute atomic E-state index is 0.0400. The predicted octanol–water partition coefficient (Wildman–Crippen LogP) is 1.39. The number of hydrogen-bond acceptors (Lipinski definition) is 6. The van der Waals surface area contributed by atoms with Gasteiger partial charge in [0, 0.05) is 39.4 Å². The number of aryl methyl sites for hydroxylation is 1. The molecule has 0 saturated carbocycles. The van der Waals surface area contributed by atoms with Crippen molar-refractivity contribution in [1.29, 1.82) is 0 Å². The molecule has 0 atom stereocenters. The molecule has 118 valence electrons. The number of amides is 1. The summed E-state index contributed by atoms with van der Waals surface area (Å²) in [6, 6.07) is 1.98. The maximum absolute atomic E-state index is 12.5. The second kappa shape index (κ2) is 5.62. The predicted molar refractivity (Wildman–Crippen MR) is 88.7 cm³/mol. The normalized spacial score (nSPS) is 15.3. The largest absolute Gasteiger partial charge is 0.345 e. The molecular weight excluding hydrogens is 312 g/mol. The number of thiazole rings is 1. The van der Waals surface area contributed by atoms with Gasteiger partial charge in [0.1, 0.15) is 11.2 Å². The van der Waals surface area contributed by atoms with Gasteiger partial charge in [0.25, 0.3) is 5.91 Å². The Hall–Kier alpha value is -2.48. The number of carbonyl (C=O) groups is 1. The van der Waals surface area contributed by atoms with E-state index in [4.69, 9.17) is 0 Å². The molecule has 8 heteroatoms. The van der Waals surface area contributed by atoms with E-state index < -0.39 is 0 Å². The molecule has 0 N–H and O–H groups in total. The summed E-state index contributed by atoms with van der Waals surface area (Å²) in [6.07, 6.45) is 6.85. The Kier molecular flexibility index (Phi) is 3.45. The van der Waals surface area contributed by atoms with Gasteiger partial charge in [-0.05, 0) is 6.07 Å². The standard InChI is InChI=1S/C15H16N6OS/c1-19-10-17-9-12(19)14(22)20-4-6-21(7-5-20)15-18-11-8-16-3-2-13(11)23-15/h2-3,8-10H,4-7H2,1H3. The lowest BCUT2D eigenvalue weighted by atomic mass is 10.3. The molecule has 1 aliphatic heterocycles. The number of hydrogen-bond donors (Lipinski definition) is 0. The molecule has 1 fully saturated rings. The van der Waals surface area contributed by atoms with Crippen molar-refractivity contribution in [3.63, 3.8) is 0 Å². The number of fused-ring (bicyclic) bond motifs is 1. The third-order valence-corrected chi connectivity index (χ3v) is 5.15. The number of piperazine rings is 1. The fraction of sp³-hybridized carbons (Fsp3) is 0.333. The van der Waals surface area contributed by atoms with Crippen LogP contribution in [0.2, 0.25) is 0 Å². The molecule has 0 radical (unpaired) electrons. The van der Waals surface area contributed by atoms with Crippen molar-refractivity contribution in [1.82, 2.24) is 24.4 Å². The van der Waals surface area contributed by atoms with Crippen LogP contribution in [0.5, 0.6) is 0 Å². The fourth-order valence-corrected chi connectivity index (χ4v) is 3.71. The Balaban J connectivity index is 1.46. The summed E-state index contributed by atoms with van der Waals surface area (Å²) in [7, 11) is 1.84. The number of aromatic nitrogens is 4. The van der Waals surface area contributed by atoms with Crippen LogP contribution in [0.3, 0.4) is 0 Å². The summed E-state index contributed by atoms with van der Waals surface area (Å²) < 4.78 is 2.90. The highest BCUT2D eigenvalue weighted by atomic mass is 32.1. The minimum Gasteiger partial charge on any atom is -0.345 e. The van der Waals surface area contributed by atoms with E-state index in [1.807, 2.05) is 18.0 Å². The lowest BCUT2D eigenvalue weighted by molar-refractivity contribution is 0.0737. The summed E-state index contributed by atoms with van der Waals surface area (Å²) in [5.41, 5.74) is 1.56. The average Bonchev–Trinajstić information content (AvgIpc) is 3.20. The molecule has 23 heavy (non-hydrogen) atoms. The van der Waals surface area contributed by atoms with E-state index in [2.05, 4.69) is 19.9 Å². The van der Waals surface area contributed by atoms with Gasteiger partial charge in [-0.3, -0.25) is 9.78 Å². The number of carbonyl (C=O) groups excluding carboxylic acids is 1. The minimum atomic E-state index is 0.0400. The second-order valence-corrected chi connectivity index (χ2v) is 6.52. The molecule has 0 aliphatic carbocycles. The zero-order chi connectivity index (χ0) is 15.8. The van der Waals surface area contributed by atoms with Crippen molar-refractivity contribution in [2.45, 2.75) is 0 Å². The monoisotopic (exact) mass is 328 g/mol. The van der Waals surface area contributed by atoms with Gasteiger partial charge in [0.2, 0.25) is 0 Å². The molecule has 7 nitrogen and oxygen atoms in total. The van der Waals surface area contributed by atoms with Gasteiger partial charge < -0.3 is 14.4 Å². The van der Waals surface area contributed by atoms with Gasteiger partial charge in [-0.2, -0.15) is 0 Å². The molecule has 0 bridgehead atoms. The molecule has 0 unspecified atom stereocenters. The highest BCUT2D eigenvalue weighted by Crippen LogP contribution is 2.28. The molecule has 1 amide bonds. The van der Waals surface area contributed by atoms with Crippen molar-refractivity contribution in [3.8, 4) is 0 Å². The zero-order valence-electron chi connectivity index (χ0n) is 12.7. The SMILES string of the molecule is Cn1cncc1C(=O)N1CCN(c2nc3cnccc3s2)CC1. The van der Waals surface area contributed by atoms with Crippen LogP contribution >= 0.6 is 11.3 Å². The highest BCUT2D eigenvalue weighted by Gasteiger charge is 2.25. The summed E-state index contributed by atoms with van der Waals surface area (Å²) in [5, 5.41) is 1.00. The maximum Gasteiger partial charge on any atom is 0.272 e. The number of rotatable bonds is 2. The Bertz CT molecular complexity index is 815. The first-order valence-corrected chi connectivity index (χ1v) is 8.25. The van der Waals surface area contributed by atoms with Gasteiger partial charge in [-0.15, -0.1) is 0 Å². The van der Waals surface area contributed by atoms with Crippen LogP contribution in [0.1, 0.15) is 10.5 Å². The van der Waals surface area contributed by atoms with E-state index >= 15 is 0 Å². The summed E-state index contributed by atoms with van der Waals surface area (Å²) in [6.45, 7) is 2.96. The third-order valence-electron chi connectivity index (χ3n) is 4.05. The van der Waals surface area contributed by atoms with E-state index in [1.54, 1.807) is 40.8 Å². The van der Waals surface area contributed by atoms with E-state index in [0.717, 1.165) is 28.4 Å². The first kappa shape index (κ1) is 14.1. The number of pyridine rings is 1. The topological polar surface area (TPSA) is 67.2 Å². The molecule has 3 aromatic rings. The quantitative estimate of drug-likeness (QED) is 0.711. The molecule has 0 spiro atoms. The average molecular weight is 328 g/mol. The molecule has 3 aromatic heterocycles. The van der Waals surface area contributed by atoms with E-state index in [9.17, 15) is 4.79 Å². The number of nitrogens with zero attached hydrogens (tertiary/aromatic N) is 6. The van der Waals surface area contributed by atoms with Gasteiger partial charge in [-0.25, -0.2) is 9.97 Å². The van der Waals surface area contributed by atoms with Crippen molar-refractivity contribution < 1.29 is 4.79 Å². The van der Waals surface area contributed by atoms with Gasteiger partial charge >= 0.3 is 0 Å². The van der Waals surface area contributed by atoms with Crippen LogP contribution in [0.15, 0.2) is 31.0 Å². The molecule has 4 heterocycles. The van der Waals surface area contributed by atoms with Crippen molar-refractivity contribution in [2.24, 2.45) is 7.05 Å². The zero-order valence-corrected chi connectivity index (χ0v) is 13.5. The van der Waals surface area contributed by atoms with Crippen LogP contribution < -0.4 is 4.90 Å². The van der Waals surface area contributed by atoms with Crippen molar-refractivity contribution in [3.05, 3.63) is 36.7 Å². The summed E-state index contributed by atoms with van der Waals surface area (Å²) in [5.74, 6) is 0.0400. The fourth-order valence-electron chi connectivity index (χ4n) is 2.73. The summed E-state index contributed by atoms with van der Waals surface area (Å²) in [4.78, 5) is 29.4. The van der Waals surface area contributed by atoms with E-state index in [0.29, 0.717) is 18.8 Å². The van der Waals surface area contributed by atoms with Crippen LogP contribution in [0.4, 0.5) is 5.13 Å². The first-order valence-electron chi connectivity index (χ1n) is 7.43. The smallest absolute Gasteiger partial charge is 0.272 e. The molecule has 4 rings (SSSR count). The van der Waals surface area contributed by atoms with Crippen LogP contribution in [-0.2, 0) is 7.05 Å². The molecule has 1 saturated heterocycles. The van der Waals surface area contributed by atoms with Crippen LogP contribution in [-0.4, -0.2) is 56.5 Å². The van der Waals surface area contributed by atoms with E-state index in [1.165, 1.54) is 0 Å². The number of imidazole rings is 1. The van der Waals surface area contributed by atoms with Crippen LogP contribution in [0.25, 0.3) is 10.2 Å². The van der Waals surface area contributed by atoms with Gasteiger partial charge in [0.15, 0.2) is 5.13 Å². The van der Waals surface area contributed by atoms with E-state index in [-0.39, 0.29) is 5.91 Å². The molecule has 1 aliphatic rings. The maximum atomic E-state index is 12.5. The van der Waals surface area contributed by atoms with Crippen LogP contribution in [0, 0.1) is 0 Å². The third kappa shape index (κ3) is 2.55. The lowest BCUT2D eigenvalue weighted by Crippen LogP contribution is -2.49. The Morgan fingerprint density at radius 3 is 2.70 bits per heavy atom. The lowest BCUT2D eigenvalue weighted by Gasteiger charge is -2.34. The Labute approximate surface area is 137 Å². The Morgan fingerprint density at radius 1 is 1.17 bits per heavy atom. The molecule has 0 aromatic carbocycles. The second-order valence-electron chi connectivity index (χ2n) is 5.51.